The second-order valence-corrected chi connectivity index (χ2v) is 5.87. The molecule has 4 N–H and O–H groups in total. The number of halogens is 4. The molecule has 2 aromatic carbocycles. The van der Waals surface area contributed by atoms with Gasteiger partial charge in [0.05, 0.1) is 16.8 Å². The van der Waals surface area contributed by atoms with Crippen LogP contribution in [-0.2, 0) is 6.18 Å². The highest BCUT2D eigenvalue weighted by Gasteiger charge is 2.32. The van der Waals surface area contributed by atoms with Crippen LogP contribution in [0.2, 0.25) is 5.02 Å². The van der Waals surface area contributed by atoms with Crippen molar-refractivity contribution in [2.24, 2.45) is 10.7 Å². The summed E-state index contributed by atoms with van der Waals surface area (Å²) in [6.45, 7) is 5.35. The number of allylic oxidation sites excluding steroid dienone is 1. The van der Waals surface area contributed by atoms with Gasteiger partial charge in [-0.2, -0.15) is 13.2 Å². The number of rotatable bonds is 4. The van der Waals surface area contributed by atoms with Crippen molar-refractivity contribution in [3.8, 4) is 0 Å². The predicted octanol–water partition coefficient (Wildman–Crippen LogP) is 5.70. The Morgan fingerprint density at radius 1 is 1.14 bits per heavy atom. The quantitative estimate of drug-likeness (QED) is 0.293. The number of aliphatic imine (C=N–C) groups is 1. The first kappa shape index (κ1) is 23.2. The first-order valence-electron chi connectivity index (χ1n) is 8.37. The zero-order valence-corrected chi connectivity index (χ0v) is 16.4. The van der Waals surface area contributed by atoms with E-state index in [2.05, 4.69) is 4.99 Å². The fourth-order valence-corrected chi connectivity index (χ4v) is 2.37. The molecular weight excluding hydrogens is 391 g/mol. The van der Waals surface area contributed by atoms with Crippen LogP contribution < -0.4 is 11.5 Å². The van der Waals surface area contributed by atoms with E-state index >= 15 is 0 Å². The van der Waals surface area contributed by atoms with Gasteiger partial charge >= 0.3 is 6.18 Å². The topological polar surface area (TPSA) is 81.5 Å². The van der Waals surface area contributed by atoms with Gasteiger partial charge < -0.3 is 11.5 Å². The Balaban J connectivity index is 0.00000190. The predicted molar refractivity (Wildman–Crippen MR) is 108 cm³/mol. The highest BCUT2D eigenvalue weighted by molar-refractivity contribution is 6.32. The summed E-state index contributed by atoms with van der Waals surface area (Å²) in [6, 6.07) is 7.99. The first-order valence-corrected chi connectivity index (χ1v) is 8.75. The minimum atomic E-state index is -4.49. The van der Waals surface area contributed by atoms with E-state index in [1.54, 1.807) is 0 Å². The molecule has 0 aliphatic carbocycles. The van der Waals surface area contributed by atoms with E-state index in [0.29, 0.717) is 5.02 Å². The number of alkyl halides is 3. The first-order chi connectivity index (χ1) is 13.1. The molecule has 0 unspecified atom stereocenters. The van der Waals surface area contributed by atoms with Gasteiger partial charge in [0.2, 0.25) is 0 Å². The second kappa shape index (κ2) is 9.94. The van der Waals surface area contributed by atoms with E-state index in [0.717, 1.165) is 18.5 Å². The van der Waals surface area contributed by atoms with Crippen molar-refractivity contribution in [2.45, 2.75) is 26.9 Å². The third-order valence-electron chi connectivity index (χ3n) is 3.58. The molecule has 0 aliphatic rings. The summed E-state index contributed by atoms with van der Waals surface area (Å²) in [5, 5.41) is 0.309. The van der Waals surface area contributed by atoms with Crippen LogP contribution in [0.25, 0.3) is 0 Å². The fourth-order valence-electron chi connectivity index (χ4n) is 2.20. The molecule has 0 saturated heterocycles. The molecule has 0 bridgehead atoms. The Morgan fingerprint density at radius 3 is 2.36 bits per heavy atom. The lowest BCUT2D eigenvalue weighted by Crippen LogP contribution is -2.10. The molecule has 28 heavy (non-hydrogen) atoms. The zero-order valence-electron chi connectivity index (χ0n) is 15.6. The van der Waals surface area contributed by atoms with E-state index in [-0.39, 0.29) is 28.1 Å². The van der Waals surface area contributed by atoms with E-state index in [1.165, 1.54) is 37.3 Å². The lowest BCUT2D eigenvalue weighted by Gasteiger charge is -2.10. The molecule has 8 heteroatoms. The van der Waals surface area contributed by atoms with Crippen LogP contribution >= 0.6 is 11.6 Å². The maximum Gasteiger partial charge on any atom is 0.416 e. The average Bonchev–Trinajstić information content (AvgIpc) is 2.66. The molecule has 0 atom stereocenters. The van der Waals surface area contributed by atoms with Crippen LogP contribution in [0.3, 0.4) is 0 Å². The second-order valence-electron chi connectivity index (χ2n) is 5.44. The summed E-state index contributed by atoms with van der Waals surface area (Å²) >= 11 is 5.86. The van der Waals surface area contributed by atoms with Crippen LogP contribution in [0.1, 0.15) is 35.3 Å². The van der Waals surface area contributed by atoms with Crippen molar-refractivity contribution in [3.05, 3.63) is 69.9 Å². The minimum absolute atomic E-state index is 0.0342. The molecule has 2 aromatic rings. The maximum absolute atomic E-state index is 13.0. The van der Waals surface area contributed by atoms with Crippen LogP contribution in [0.4, 0.5) is 24.5 Å². The van der Waals surface area contributed by atoms with Crippen molar-refractivity contribution in [3.63, 3.8) is 0 Å². The van der Waals surface area contributed by atoms with Crippen LogP contribution in [-0.4, -0.2) is 12.0 Å². The summed E-state index contributed by atoms with van der Waals surface area (Å²) in [6.07, 6.45) is -2.40. The smallest absolute Gasteiger partial charge is 0.404 e. The van der Waals surface area contributed by atoms with Gasteiger partial charge in [-0.1, -0.05) is 31.5 Å². The molecule has 0 amide bonds. The molecule has 0 aromatic heterocycles. The van der Waals surface area contributed by atoms with E-state index < -0.39 is 17.5 Å². The maximum atomic E-state index is 13.0. The molecule has 0 saturated carbocycles. The average molecular weight is 412 g/mol. The van der Waals surface area contributed by atoms with Gasteiger partial charge in [0.1, 0.15) is 0 Å². The van der Waals surface area contributed by atoms with E-state index in [1.807, 2.05) is 13.8 Å². The molecule has 2 rings (SSSR count). The molecule has 0 heterocycles. The van der Waals surface area contributed by atoms with Crippen molar-refractivity contribution < 1.29 is 18.0 Å². The number of nitrogen functional groups attached to an aromatic ring is 1. The molecule has 0 aliphatic heterocycles. The number of aryl methyl sites for hydroxylation is 1. The SMILES string of the molecule is CC.Cc1ccc(N=C/C(=C\N)C(=O)c2cc(Cl)ccc2N)cc1C(F)(F)F. The number of hydrogen-bond acceptors (Lipinski definition) is 4. The molecule has 0 spiro atoms. The Bertz CT molecular complexity index is 906. The van der Waals surface area contributed by atoms with Crippen molar-refractivity contribution in [2.75, 3.05) is 5.73 Å². The lowest BCUT2D eigenvalue weighted by molar-refractivity contribution is -0.138. The van der Waals surface area contributed by atoms with E-state index in [9.17, 15) is 18.0 Å². The summed E-state index contributed by atoms with van der Waals surface area (Å²) in [7, 11) is 0. The van der Waals surface area contributed by atoms with Crippen LogP contribution in [0, 0.1) is 6.92 Å². The van der Waals surface area contributed by atoms with Gasteiger partial charge in [-0.05, 0) is 42.8 Å². The summed E-state index contributed by atoms with van der Waals surface area (Å²) in [5.41, 5.74) is 10.8. The largest absolute Gasteiger partial charge is 0.416 e. The van der Waals surface area contributed by atoms with Crippen molar-refractivity contribution in [1.82, 2.24) is 0 Å². The number of ketones is 1. The van der Waals surface area contributed by atoms with Gasteiger partial charge in [0, 0.05) is 28.7 Å². The number of carbonyl (C=O) groups excluding carboxylic acids is 1. The van der Waals surface area contributed by atoms with Gasteiger partial charge in [-0.3, -0.25) is 9.79 Å². The van der Waals surface area contributed by atoms with E-state index in [4.69, 9.17) is 23.1 Å². The molecular formula is C20H21ClF3N3O. The standard InChI is InChI=1S/C18H15ClF3N3O.C2H6/c1-10-2-4-13(7-15(10)18(20,21)22)25-9-11(8-23)17(26)14-6-12(19)3-5-16(14)24;1-2/h2-9H,23-24H2,1H3;1-2H3/b11-8+,25-9?;. The molecule has 0 fully saturated rings. The van der Waals surface area contributed by atoms with Crippen molar-refractivity contribution in [1.29, 1.82) is 0 Å². The monoisotopic (exact) mass is 411 g/mol. The number of Topliss-reactive ketones (excluding diaryl/α,β-unsaturated/α-hetero) is 1. The Kier molecular flexibility index (Phi) is 8.25. The lowest BCUT2D eigenvalue weighted by atomic mass is 10.0. The highest BCUT2D eigenvalue weighted by Crippen LogP contribution is 2.34. The zero-order chi connectivity index (χ0) is 21.5. The van der Waals surface area contributed by atoms with Gasteiger partial charge in [-0.15, -0.1) is 0 Å². The van der Waals surface area contributed by atoms with Gasteiger partial charge in [0.25, 0.3) is 0 Å². The normalized spacial score (nSPS) is 11.9. The van der Waals surface area contributed by atoms with Crippen LogP contribution in [0.5, 0.6) is 0 Å². The summed E-state index contributed by atoms with van der Waals surface area (Å²) < 4.78 is 38.9. The summed E-state index contributed by atoms with van der Waals surface area (Å²) in [5.74, 6) is -0.542. The fraction of sp³-hybridized carbons (Fsp3) is 0.200. The Morgan fingerprint density at radius 2 is 1.79 bits per heavy atom. The minimum Gasteiger partial charge on any atom is -0.404 e. The third kappa shape index (κ3) is 5.85. The number of benzene rings is 2. The number of nitrogens with two attached hydrogens (primary N) is 2. The van der Waals surface area contributed by atoms with Crippen LogP contribution in [0.15, 0.2) is 53.2 Å². The third-order valence-corrected chi connectivity index (χ3v) is 3.82. The molecule has 0 radical (unpaired) electrons. The number of carbonyl (C=O) groups is 1. The Hall–Kier alpha value is -2.80. The molecule has 4 nitrogen and oxygen atoms in total. The number of hydrogen-bond donors (Lipinski definition) is 2. The number of nitrogens with zero attached hydrogens (tertiary/aromatic N) is 1. The Labute approximate surface area is 166 Å². The van der Waals surface area contributed by atoms with Gasteiger partial charge in [0.15, 0.2) is 5.78 Å². The number of anilines is 1. The van der Waals surface area contributed by atoms with Crippen molar-refractivity contribution >= 4 is 35.0 Å². The van der Waals surface area contributed by atoms with Gasteiger partial charge in [-0.25, -0.2) is 0 Å². The molecule has 150 valence electrons. The highest BCUT2D eigenvalue weighted by atomic mass is 35.5. The summed E-state index contributed by atoms with van der Waals surface area (Å²) in [4.78, 5) is 16.4.